The molecule has 0 atom stereocenters. The average Bonchev–Trinajstić information content (AvgIpc) is 3.37. The van der Waals surface area contributed by atoms with Crippen LogP contribution in [0.3, 0.4) is 0 Å². The first-order valence-electron chi connectivity index (χ1n) is 10.2. The number of rotatable bonds is 4. The Kier molecular flexibility index (Phi) is 5.11. The molecule has 0 bridgehead atoms. The topological polar surface area (TPSA) is 43.2 Å². The van der Waals surface area contributed by atoms with E-state index in [0.717, 1.165) is 65.0 Å². The minimum Gasteiger partial charge on any atom is -0.378 e. The summed E-state index contributed by atoms with van der Waals surface area (Å²) in [7, 11) is 2.07. The van der Waals surface area contributed by atoms with Gasteiger partial charge < -0.3 is 14.2 Å². The highest BCUT2D eigenvalue weighted by Crippen LogP contribution is 2.30. The predicted octanol–water partition coefficient (Wildman–Crippen LogP) is 4.76. The van der Waals surface area contributed by atoms with E-state index in [4.69, 9.17) is 14.7 Å². The number of para-hydroxylation sites is 2. The van der Waals surface area contributed by atoms with Crippen molar-refractivity contribution in [2.75, 3.05) is 31.2 Å². The van der Waals surface area contributed by atoms with Gasteiger partial charge in [-0.25, -0.2) is 9.97 Å². The van der Waals surface area contributed by atoms with Gasteiger partial charge in [0.1, 0.15) is 10.8 Å². The molecule has 5 nitrogen and oxygen atoms in total. The van der Waals surface area contributed by atoms with Crippen molar-refractivity contribution in [2.45, 2.75) is 6.92 Å². The molecule has 0 unspecified atom stereocenters. The van der Waals surface area contributed by atoms with Crippen LogP contribution in [0.5, 0.6) is 0 Å². The summed E-state index contributed by atoms with van der Waals surface area (Å²) >= 11 is 1.66. The number of aryl methyl sites for hydroxylation is 2. The highest BCUT2D eigenvalue weighted by atomic mass is 32.1. The normalized spacial score (nSPS) is 15.1. The van der Waals surface area contributed by atoms with Crippen LogP contribution < -0.4 is 4.90 Å². The summed E-state index contributed by atoms with van der Waals surface area (Å²) < 4.78 is 7.62. The molecule has 1 aliphatic heterocycles. The zero-order valence-electron chi connectivity index (χ0n) is 17.2. The molecule has 3 heterocycles. The smallest absolute Gasteiger partial charge is 0.143 e. The summed E-state index contributed by atoms with van der Waals surface area (Å²) in [6, 6.07) is 17.0. The third-order valence-electron chi connectivity index (χ3n) is 5.46. The molecule has 0 saturated carbocycles. The number of aromatic nitrogens is 3. The van der Waals surface area contributed by atoms with Gasteiger partial charge in [0.15, 0.2) is 0 Å². The van der Waals surface area contributed by atoms with Crippen molar-refractivity contribution in [2.24, 2.45) is 7.05 Å². The molecule has 0 amide bonds. The van der Waals surface area contributed by atoms with Gasteiger partial charge in [-0.15, -0.1) is 11.3 Å². The lowest BCUT2D eigenvalue weighted by molar-refractivity contribution is 0.122. The second kappa shape index (κ2) is 8.05. The molecule has 1 fully saturated rings. The fraction of sp³-hybridized carbons (Fsp3) is 0.250. The molecule has 0 radical (unpaired) electrons. The van der Waals surface area contributed by atoms with Gasteiger partial charge in [0.25, 0.3) is 0 Å². The molecular weight excluding hydrogens is 392 g/mol. The Labute approximate surface area is 180 Å². The maximum absolute atomic E-state index is 5.47. The maximum atomic E-state index is 5.47. The van der Waals surface area contributed by atoms with Gasteiger partial charge in [-0.2, -0.15) is 0 Å². The van der Waals surface area contributed by atoms with Crippen LogP contribution in [-0.4, -0.2) is 40.8 Å². The Balaban J connectivity index is 1.56. The SMILES string of the molecule is Cc1csc(/C(=C/c2ccc(N3CCOCC3)cc2)c2nc3ccccc3n2C)n1. The first kappa shape index (κ1) is 19.0. The Hall–Kier alpha value is -2.96. The molecule has 1 saturated heterocycles. The van der Waals surface area contributed by atoms with Crippen molar-refractivity contribution >= 4 is 39.7 Å². The van der Waals surface area contributed by atoms with Crippen LogP contribution in [0.2, 0.25) is 0 Å². The highest BCUT2D eigenvalue weighted by Gasteiger charge is 2.17. The Morgan fingerprint density at radius 1 is 1.03 bits per heavy atom. The van der Waals surface area contributed by atoms with Crippen molar-refractivity contribution in [3.05, 3.63) is 76.0 Å². The second-order valence-electron chi connectivity index (χ2n) is 7.53. The molecule has 0 aliphatic carbocycles. The second-order valence-corrected chi connectivity index (χ2v) is 8.38. The quantitative estimate of drug-likeness (QED) is 0.481. The van der Waals surface area contributed by atoms with E-state index in [-0.39, 0.29) is 0 Å². The Morgan fingerprint density at radius 2 is 1.80 bits per heavy atom. The lowest BCUT2D eigenvalue weighted by Gasteiger charge is -2.28. The predicted molar refractivity (Wildman–Crippen MR) is 124 cm³/mol. The van der Waals surface area contributed by atoms with E-state index in [9.17, 15) is 0 Å². The van der Waals surface area contributed by atoms with Gasteiger partial charge in [0.05, 0.1) is 29.8 Å². The number of fused-ring (bicyclic) bond motifs is 1. The summed E-state index contributed by atoms with van der Waals surface area (Å²) in [5.41, 5.74) is 6.58. The first-order valence-corrected chi connectivity index (χ1v) is 11.1. The van der Waals surface area contributed by atoms with Crippen molar-refractivity contribution in [3.63, 3.8) is 0 Å². The van der Waals surface area contributed by atoms with Gasteiger partial charge in [-0.3, -0.25) is 0 Å². The van der Waals surface area contributed by atoms with Crippen molar-refractivity contribution < 1.29 is 4.74 Å². The minimum absolute atomic E-state index is 0.794. The molecule has 1 aliphatic rings. The largest absolute Gasteiger partial charge is 0.378 e. The molecule has 2 aromatic carbocycles. The van der Waals surface area contributed by atoms with Crippen LogP contribution in [-0.2, 0) is 11.8 Å². The Bertz CT molecular complexity index is 1200. The van der Waals surface area contributed by atoms with Crippen LogP contribution in [0.25, 0.3) is 22.7 Å². The molecule has 5 rings (SSSR count). The van der Waals surface area contributed by atoms with E-state index in [1.807, 2.05) is 13.0 Å². The third-order valence-corrected chi connectivity index (χ3v) is 6.45. The van der Waals surface area contributed by atoms with Crippen molar-refractivity contribution in [3.8, 4) is 0 Å². The van der Waals surface area contributed by atoms with E-state index < -0.39 is 0 Å². The summed E-state index contributed by atoms with van der Waals surface area (Å²) in [5.74, 6) is 0.933. The number of imidazole rings is 1. The van der Waals surface area contributed by atoms with E-state index in [0.29, 0.717) is 0 Å². The van der Waals surface area contributed by atoms with Crippen LogP contribution in [0.15, 0.2) is 53.9 Å². The summed E-state index contributed by atoms with van der Waals surface area (Å²) in [6.45, 7) is 5.50. The standard InChI is InChI=1S/C24H24N4OS/c1-17-16-30-24(25-17)20(23-26-21-5-3-4-6-22(21)27(23)2)15-18-7-9-19(10-8-18)28-11-13-29-14-12-28/h3-10,15-16H,11-14H2,1-2H3/b20-15+. The molecule has 30 heavy (non-hydrogen) atoms. The molecule has 4 aromatic rings. The molecule has 152 valence electrons. The van der Waals surface area contributed by atoms with Gasteiger partial charge in [0, 0.05) is 36.9 Å². The molecule has 0 spiro atoms. The monoisotopic (exact) mass is 416 g/mol. The van der Waals surface area contributed by atoms with Crippen molar-refractivity contribution in [1.82, 2.24) is 14.5 Å². The zero-order valence-corrected chi connectivity index (χ0v) is 18.0. The van der Waals surface area contributed by atoms with Gasteiger partial charge in [0.2, 0.25) is 0 Å². The molecule has 2 aromatic heterocycles. The molecular formula is C24H24N4OS. The lowest BCUT2D eigenvalue weighted by atomic mass is 10.1. The van der Waals surface area contributed by atoms with Gasteiger partial charge in [-0.05, 0) is 42.8 Å². The van der Waals surface area contributed by atoms with Crippen LogP contribution in [0.4, 0.5) is 5.69 Å². The number of benzene rings is 2. The lowest BCUT2D eigenvalue weighted by Crippen LogP contribution is -2.36. The minimum atomic E-state index is 0.794. The highest BCUT2D eigenvalue weighted by molar-refractivity contribution is 7.11. The maximum Gasteiger partial charge on any atom is 0.143 e. The number of thiazole rings is 1. The number of ether oxygens (including phenoxy) is 1. The first-order chi connectivity index (χ1) is 14.7. The number of anilines is 1. The number of morpholine rings is 1. The van der Waals surface area contributed by atoms with Crippen LogP contribution >= 0.6 is 11.3 Å². The van der Waals surface area contributed by atoms with Gasteiger partial charge >= 0.3 is 0 Å². The third kappa shape index (κ3) is 3.64. The summed E-state index contributed by atoms with van der Waals surface area (Å²) in [6.07, 6.45) is 2.20. The van der Waals surface area contributed by atoms with Crippen molar-refractivity contribution in [1.29, 1.82) is 0 Å². The fourth-order valence-corrected chi connectivity index (χ4v) is 4.66. The molecule has 6 heteroatoms. The fourth-order valence-electron chi connectivity index (χ4n) is 3.86. The number of hydrogen-bond acceptors (Lipinski definition) is 5. The van der Waals surface area contributed by atoms with Gasteiger partial charge in [-0.1, -0.05) is 24.3 Å². The summed E-state index contributed by atoms with van der Waals surface area (Å²) in [4.78, 5) is 12.1. The van der Waals surface area contributed by atoms with Crippen LogP contribution in [0, 0.1) is 6.92 Å². The van der Waals surface area contributed by atoms with E-state index in [1.165, 1.54) is 5.69 Å². The van der Waals surface area contributed by atoms with E-state index >= 15 is 0 Å². The van der Waals surface area contributed by atoms with Crippen LogP contribution in [0.1, 0.15) is 22.1 Å². The van der Waals surface area contributed by atoms with E-state index in [1.54, 1.807) is 11.3 Å². The Morgan fingerprint density at radius 3 is 2.50 bits per heavy atom. The van der Waals surface area contributed by atoms with E-state index in [2.05, 4.69) is 70.4 Å². The zero-order chi connectivity index (χ0) is 20.5. The number of hydrogen-bond donors (Lipinski definition) is 0. The number of nitrogens with zero attached hydrogens (tertiary/aromatic N) is 4. The average molecular weight is 417 g/mol. The molecule has 0 N–H and O–H groups in total. The summed E-state index contributed by atoms with van der Waals surface area (Å²) in [5, 5.41) is 3.08.